The third-order valence-electron chi connectivity index (χ3n) is 4.29. The maximum Gasteiger partial charge on any atom is 0.276 e. The molecule has 0 aromatic carbocycles. The van der Waals surface area contributed by atoms with Crippen molar-refractivity contribution in [2.75, 3.05) is 6.54 Å². The maximum atomic E-state index is 12.3. The average molecular weight is 340 g/mol. The molecule has 128 valence electrons. The van der Waals surface area contributed by atoms with E-state index >= 15 is 0 Å². The lowest BCUT2D eigenvalue weighted by atomic mass is 10.0. The summed E-state index contributed by atoms with van der Waals surface area (Å²) < 4.78 is 7.00. The summed E-state index contributed by atoms with van der Waals surface area (Å²) in [7, 11) is 0. The van der Waals surface area contributed by atoms with Crippen LogP contribution in [0, 0.1) is 0 Å². The van der Waals surface area contributed by atoms with Gasteiger partial charge in [0.15, 0.2) is 5.69 Å². The Morgan fingerprint density at radius 3 is 2.96 bits per heavy atom. The molecule has 9 nitrogen and oxygen atoms in total. The fraction of sp³-hybridized carbons (Fsp3) is 0.312. The molecule has 1 saturated heterocycles. The number of amides is 1. The Bertz CT molecular complexity index is 874. The number of oxazole rings is 1. The Balaban J connectivity index is 1.43. The highest BCUT2D eigenvalue weighted by atomic mass is 16.3. The molecule has 1 fully saturated rings. The number of β-amino-alcohol motifs (C(OH)–C–C–N with tert-alkyl or cyclic N) is 1. The van der Waals surface area contributed by atoms with Crippen molar-refractivity contribution in [2.24, 2.45) is 0 Å². The molecule has 2 atom stereocenters. The minimum absolute atomic E-state index is 0.196. The molecule has 3 aromatic heterocycles. The maximum absolute atomic E-state index is 12.3. The van der Waals surface area contributed by atoms with Gasteiger partial charge in [0.05, 0.1) is 42.8 Å². The Hall–Kier alpha value is -3.07. The molecule has 3 aromatic rings. The van der Waals surface area contributed by atoms with Crippen LogP contribution in [0.25, 0.3) is 5.69 Å². The van der Waals surface area contributed by atoms with E-state index < -0.39 is 6.10 Å². The molecule has 0 radical (unpaired) electrons. The number of pyridine rings is 1. The molecule has 0 aliphatic carbocycles. The number of rotatable bonds is 4. The van der Waals surface area contributed by atoms with Crippen LogP contribution in [-0.2, 0) is 6.42 Å². The molecule has 4 rings (SSSR count). The van der Waals surface area contributed by atoms with Gasteiger partial charge >= 0.3 is 0 Å². The summed E-state index contributed by atoms with van der Waals surface area (Å²) in [6.07, 6.45) is 6.26. The van der Waals surface area contributed by atoms with Gasteiger partial charge in [0.2, 0.25) is 5.89 Å². The summed E-state index contributed by atoms with van der Waals surface area (Å²) in [6.45, 7) is 2.13. The van der Waals surface area contributed by atoms with Crippen LogP contribution in [0.5, 0.6) is 0 Å². The zero-order valence-electron chi connectivity index (χ0n) is 13.5. The SMILES string of the molecule is C[C@H]1[C@@H](O)CN1C(=O)c1coc(Cc2ccc(-n3ccnn3)cn2)n1. The Kier molecular flexibility index (Phi) is 3.77. The zero-order valence-corrected chi connectivity index (χ0v) is 13.5. The minimum Gasteiger partial charge on any atom is -0.448 e. The largest absolute Gasteiger partial charge is 0.448 e. The highest BCUT2D eigenvalue weighted by Crippen LogP contribution is 2.20. The van der Waals surface area contributed by atoms with Gasteiger partial charge < -0.3 is 14.4 Å². The predicted molar refractivity (Wildman–Crippen MR) is 85.0 cm³/mol. The van der Waals surface area contributed by atoms with Crippen LogP contribution in [0.1, 0.15) is 29.0 Å². The van der Waals surface area contributed by atoms with Crippen LogP contribution in [0.2, 0.25) is 0 Å². The number of aliphatic hydroxyl groups is 1. The van der Waals surface area contributed by atoms with E-state index in [2.05, 4.69) is 20.3 Å². The zero-order chi connectivity index (χ0) is 17.4. The lowest BCUT2D eigenvalue weighted by Crippen LogP contribution is -2.60. The molecule has 0 unspecified atom stereocenters. The molecule has 1 aliphatic heterocycles. The molecule has 25 heavy (non-hydrogen) atoms. The van der Waals surface area contributed by atoms with Crippen molar-refractivity contribution in [1.82, 2.24) is 29.9 Å². The van der Waals surface area contributed by atoms with Crippen molar-refractivity contribution >= 4 is 5.91 Å². The Labute approximate surface area is 142 Å². The van der Waals surface area contributed by atoms with Crippen molar-refractivity contribution in [3.05, 3.63) is 54.3 Å². The fourth-order valence-corrected chi connectivity index (χ4v) is 2.65. The van der Waals surface area contributed by atoms with Gasteiger partial charge in [-0.1, -0.05) is 5.21 Å². The second-order valence-electron chi connectivity index (χ2n) is 5.92. The van der Waals surface area contributed by atoms with Gasteiger partial charge in [-0.15, -0.1) is 5.10 Å². The first-order valence-corrected chi connectivity index (χ1v) is 7.87. The number of carbonyl (C=O) groups excluding carboxylic acids is 1. The molecule has 0 spiro atoms. The number of hydrogen-bond acceptors (Lipinski definition) is 7. The number of likely N-dealkylation sites (tertiary alicyclic amines) is 1. The summed E-state index contributed by atoms with van der Waals surface area (Å²) in [5.74, 6) is 0.181. The molecule has 4 heterocycles. The molecule has 0 saturated carbocycles. The lowest BCUT2D eigenvalue weighted by Gasteiger charge is -2.42. The first-order valence-electron chi connectivity index (χ1n) is 7.87. The summed E-state index contributed by atoms with van der Waals surface area (Å²) >= 11 is 0. The number of aromatic nitrogens is 5. The van der Waals surface area contributed by atoms with E-state index in [0.717, 1.165) is 11.4 Å². The van der Waals surface area contributed by atoms with Crippen molar-refractivity contribution < 1.29 is 14.3 Å². The molecule has 9 heteroatoms. The van der Waals surface area contributed by atoms with E-state index in [-0.39, 0.29) is 17.6 Å². The molecule has 0 bridgehead atoms. The predicted octanol–water partition coefficient (Wildman–Crippen LogP) is 0.446. The van der Waals surface area contributed by atoms with E-state index in [1.54, 1.807) is 35.1 Å². The lowest BCUT2D eigenvalue weighted by molar-refractivity contribution is -0.0360. The van der Waals surface area contributed by atoms with Crippen molar-refractivity contribution in [2.45, 2.75) is 25.5 Å². The van der Waals surface area contributed by atoms with Crippen LogP contribution >= 0.6 is 0 Å². The Morgan fingerprint density at radius 2 is 2.32 bits per heavy atom. The van der Waals surface area contributed by atoms with E-state index in [9.17, 15) is 9.90 Å². The highest BCUT2D eigenvalue weighted by molar-refractivity contribution is 5.92. The quantitative estimate of drug-likeness (QED) is 0.734. The first kappa shape index (κ1) is 15.5. The molecule has 1 amide bonds. The second kappa shape index (κ2) is 6.10. The number of hydrogen-bond donors (Lipinski definition) is 1. The third kappa shape index (κ3) is 2.89. The number of carbonyl (C=O) groups is 1. The molecular weight excluding hydrogens is 324 g/mol. The highest BCUT2D eigenvalue weighted by Gasteiger charge is 2.38. The second-order valence-corrected chi connectivity index (χ2v) is 5.92. The van der Waals surface area contributed by atoms with E-state index in [1.165, 1.54) is 6.26 Å². The fourth-order valence-electron chi connectivity index (χ4n) is 2.65. The average Bonchev–Trinajstić information content (AvgIpc) is 3.31. The normalized spacial score (nSPS) is 19.7. The monoisotopic (exact) mass is 340 g/mol. The van der Waals surface area contributed by atoms with Crippen molar-refractivity contribution in [3.8, 4) is 5.69 Å². The molecular formula is C16H16N6O3. The smallest absolute Gasteiger partial charge is 0.276 e. The Morgan fingerprint density at radius 1 is 1.44 bits per heavy atom. The number of nitrogens with zero attached hydrogens (tertiary/aromatic N) is 6. The van der Waals surface area contributed by atoms with Crippen molar-refractivity contribution in [3.63, 3.8) is 0 Å². The summed E-state index contributed by atoms with van der Waals surface area (Å²) in [5.41, 5.74) is 1.81. The van der Waals surface area contributed by atoms with Crippen molar-refractivity contribution in [1.29, 1.82) is 0 Å². The van der Waals surface area contributed by atoms with Crippen LogP contribution in [0.4, 0.5) is 0 Å². The van der Waals surface area contributed by atoms with Crippen LogP contribution in [-0.4, -0.2) is 59.6 Å². The van der Waals surface area contributed by atoms with Gasteiger partial charge in [-0.05, 0) is 19.1 Å². The minimum atomic E-state index is -0.469. The van der Waals surface area contributed by atoms with Gasteiger partial charge in [0, 0.05) is 12.2 Å². The molecule has 1 N–H and O–H groups in total. The third-order valence-corrected chi connectivity index (χ3v) is 4.29. The molecule has 1 aliphatic rings. The van der Waals surface area contributed by atoms with E-state index in [1.807, 2.05) is 12.1 Å². The summed E-state index contributed by atoms with van der Waals surface area (Å²) in [6, 6.07) is 3.52. The summed E-state index contributed by atoms with van der Waals surface area (Å²) in [4.78, 5) is 22.4. The number of aliphatic hydroxyl groups excluding tert-OH is 1. The standard InChI is InChI=1S/C16H16N6O3/c1-10-14(23)8-21(10)16(24)13-9-25-15(19-13)6-11-2-3-12(7-17-11)22-5-4-18-20-22/h2-5,7,9-10,14,23H,6,8H2,1H3/t10-,14-/m0/s1. The van der Waals surface area contributed by atoms with Gasteiger partial charge in [-0.25, -0.2) is 9.67 Å². The van der Waals surface area contributed by atoms with Crippen LogP contribution in [0.3, 0.4) is 0 Å². The van der Waals surface area contributed by atoms with Gasteiger partial charge in [0.1, 0.15) is 6.26 Å². The van der Waals surface area contributed by atoms with E-state index in [0.29, 0.717) is 18.9 Å². The van der Waals surface area contributed by atoms with Gasteiger partial charge in [-0.3, -0.25) is 9.78 Å². The van der Waals surface area contributed by atoms with E-state index in [4.69, 9.17) is 4.42 Å². The first-order chi connectivity index (χ1) is 12.1. The topological polar surface area (TPSA) is 110 Å². The van der Waals surface area contributed by atoms with Gasteiger partial charge in [0.25, 0.3) is 5.91 Å². The van der Waals surface area contributed by atoms with Crippen LogP contribution < -0.4 is 0 Å². The van der Waals surface area contributed by atoms with Crippen LogP contribution in [0.15, 0.2) is 41.4 Å². The summed E-state index contributed by atoms with van der Waals surface area (Å²) in [5, 5.41) is 17.2. The van der Waals surface area contributed by atoms with Gasteiger partial charge in [-0.2, -0.15) is 0 Å².